The minimum absolute atomic E-state index is 1.21. The molecule has 0 fully saturated rings. The molecule has 0 N–H and O–H groups in total. The van der Waals surface area contributed by atoms with Crippen molar-refractivity contribution >= 4 is 31.3 Å². The van der Waals surface area contributed by atoms with E-state index in [1.54, 1.807) is 0 Å². The smallest absolute Gasteiger partial charge is 0.341 e. The van der Waals surface area contributed by atoms with E-state index in [0.717, 1.165) is 0 Å². The van der Waals surface area contributed by atoms with Crippen LogP contribution in [0.1, 0.15) is 11.1 Å². The number of hydrogen-bond acceptors (Lipinski definition) is 2. The fraction of sp³-hybridized carbons (Fsp3) is 0.500. The second kappa shape index (κ2) is 6.75. The van der Waals surface area contributed by atoms with Crippen LogP contribution >= 0.6 is 0 Å². The largest absolute Gasteiger partial charge is 0.434 e. The van der Waals surface area contributed by atoms with Gasteiger partial charge in [-0.3, -0.25) is 0 Å². The van der Waals surface area contributed by atoms with Crippen LogP contribution in [0, 0.1) is 6.92 Å². The molecule has 118 valence electrons. The summed E-state index contributed by atoms with van der Waals surface area (Å²) in [6.07, 6.45) is 2.16. The molecule has 1 aromatic rings. The topological polar surface area (TPSA) is 18.5 Å². The van der Waals surface area contributed by atoms with Crippen molar-refractivity contribution in [3.8, 4) is 0 Å². The van der Waals surface area contributed by atoms with Crippen LogP contribution in [-0.2, 0) is 8.23 Å². The summed E-state index contributed by atoms with van der Waals surface area (Å²) in [5.74, 6) is 0. The lowest BCUT2D eigenvalue weighted by atomic mass is 10.2. The maximum Gasteiger partial charge on any atom is 0.341 e. The van der Waals surface area contributed by atoms with Gasteiger partial charge in [-0.05, 0) is 64.0 Å². The van der Waals surface area contributed by atoms with E-state index in [9.17, 15) is 0 Å². The molecule has 2 nitrogen and oxygen atoms in total. The van der Waals surface area contributed by atoms with Gasteiger partial charge in [0.05, 0.1) is 0 Å². The zero-order valence-electron chi connectivity index (χ0n) is 14.8. The molecule has 0 atom stereocenters. The van der Waals surface area contributed by atoms with E-state index in [4.69, 9.17) is 8.23 Å². The van der Waals surface area contributed by atoms with Crippen molar-refractivity contribution in [3.63, 3.8) is 0 Å². The molecule has 0 heterocycles. The van der Waals surface area contributed by atoms with Gasteiger partial charge in [-0.25, -0.2) is 0 Å². The summed E-state index contributed by atoms with van der Waals surface area (Å²) in [7, 11) is -5.54. The van der Waals surface area contributed by atoms with Crippen LogP contribution in [0.4, 0.5) is 0 Å². The predicted molar refractivity (Wildman–Crippen MR) is 101 cm³/mol. The summed E-state index contributed by atoms with van der Waals surface area (Å²) in [6, 6.07) is 8.56. The van der Waals surface area contributed by atoms with Crippen LogP contribution in [-0.4, -0.2) is 25.2 Å². The molecule has 0 aliphatic rings. The highest BCUT2D eigenvalue weighted by Gasteiger charge is 2.38. The minimum atomic E-state index is -2.27. The summed E-state index contributed by atoms with van der Waals surface area (Å²) in [6.45, 7) is 17.6. The average Bonchev–Trinajstić information content (AvgIpc) is 2.23. The van der Waals surface area contributed by atoms with Crippen molar-refractivity contribution in [2.24, 2.45) is 0 Å². The third-order valence-corrected chi connectivity index (χ3v) is 11.6. The van der Waals surface area contributed by atoms with Crippen molar-refractivity contribution in [1.29, 1.82) is 0 Å². The molecule has 0 aromatic heterocycles. The van der Waals surface area contributed by atoms with Crippen LogP contribution in [0.5, 0.6) is 0 Å². The molecule has 0 amide bonds. The number of rotatable bonds is 6. The Morgan fingerprint density at radius 2 is 1.19 bits per heavy atom. The fourth-order valence-corrected chi connectivity index (χ4v) is 13.5. The standard InChI is InChI=1S/C16H30O2Si3/c1-15-9-11-16(12-10-15)13-14-21(8,17-19(2,3)4)18-20(5,6)7/h9-14H,1-8H3/b14-13+. The Balaban J connectivity index is 2.98. The number of benzene rings is 1. The minimum Gasteiger partial charge on any atom is -0.434 e. The van der Waals surface area contributed by atoms with Gasteiger partial charge in [-0.2, -0.15) is 0 Å². The van der Waals surface area contributed by atoms with Crippen LogP contribution in [0.25, 0.3) is 6.08 Å². The zero-order chi connectivity index (χ0) is 16.3. The fourth-order valence-electron chi connectivity index (χ4n) is 2.23. The first-order chi connectivity index (χ1) is 9.39. The Hall–Kier alpha value is -0.469. The van der Waals surface area contributed by atoms with E-state index in [1.807, 2.05) is 0 Å². The Morgan fingerprint density at radius 3 is 1.57 bits per heavy atom. The monoisotopic (exact) mass is 338 g/mol. The molecule has 0 aliphatic heterocycles. The van der Waals surface area contributed by atoms with E-state index in [2.05, 4.69) is 88.8 Å². The van der Waals surface area contributed by atoms with E-state index in [0.29, 0.717) is 0 Å². The molecule has 0 spiro atoms. The van der Waals surface area contributed by atoms with E-state index in [1.165, 1.54) is 11.1 Å². The van der Waals surface area contributed by atoms with Crippen molar-refractivity contribution in [2.45, 2.75) is 52.8 Å². The van der Waals surface area contributed by atoms with Crippen LogP contribution in [0.15, 0.2) is 30.0 Å². The van der Waals surface area contributed by atoms with Crippen LogP contribution in [0.2, 0.25) is 45.8 Å². The highest BCUT2D eigenvalue weighted by molar-refractivity contribution is 6.90. The molecule has 0 radical (unpaired) electrons. The normalized spacial score (nSPS) is 13.9. The van der Waals surface area contributed by atoms with E-state index in [-0.39, 0.29) is 0 Å². The van der Waals surface area contributed by atoms with E-state index >= 15 is 0 Å². The second-order valence-corrected chi connectivity index (χ2v) is 20.1. The molecule has 1 rings (SSSR count). The quantitative estimate of drug-likeness (QED) is 0.653. The summed E-state index contributed by atoms with van der Waals surface area (Å²) < 4.78 is 12.9. The Labute approximate surface area is 133 Å². The Kier molecular flexibility index (Phi) is 5.97. The zero-order valence-corrected chi connectivity index (χ0v) is 17.8. The number of aryl methyl sites for hydroxylation is 1. The summed E-state index contributed by atoms with van der Waals surface area (Å²) in [5, 5.41) is 0. The van der Waals surface area contributed by atoms with Crippen LogP contribution < -0.4 is 0 Å². The maximum atomic E-state index is 6.45. The molecule has 0 aliphatic carbocycles. The lowest BCUT2D eigenvalue weighted by Crippen LogP contribution is -2.51. The highest BCUT2D eigenvalue weighted by Crippen LogP contribution is 2.22. The van der Waals surface area contributed by atoms with Crippen molar-refractivity contribution in [1.82, 2.24) is 0 Å². The summed E-state index contributed by atoms with van der Waals surface area (Å²) >= 11 is 0. The molecule has 21 heavy (non-hydrogen) atoms. The molecule has 0 bridgehead atoms. The highest BCUT2D eigenvalue weighted by atomic mass is 28.5. The van der Waals surface area contributed by atoms with Gasteiger partial charge in [0, 0.05) is 0 Å². The molecule has 5 heteroatoms. The maximum absolute atomic E-state index is 6.45. The van der Waals surface area contributed by atoms with Gasteiger partial charge in [-0.15, -0.1) is 0 Å². The number of hydrogen-bond donors (Lipinski definition) is 0. The molecule has 1 aromatic carbocycles. The third kappa shape index (κ3) is 7.92. The lowest BCUT2D eigenvalue weighted by molar-refractivity contribution is 0.403. The predicted octanol–water partition coefficient (Wildman–Crippen LogP) is 5.32. The van der Waals surface area contributed by atoms with Gasteiger partial charge in [0.15, 0.2) is 16.6 Å². The molecule has 0 unspecified atom stereocenters. The van der Waals surface area contributed by atoms with Gasteiger partial charge >= 0.3 is 8.56 Å². The Morgan fingerprint density at radius 1 is 0.762 bits per heavy atom. The van der Waals surface area contributed by atoms with Crippen molar-refractivity contribution in [3.05, 3.63) is 41.1 Å². The molecular weight excluding hydrogens is 308 g/mol. The first-order valence-electron chi connectivity index (χ1n) is 7.55. The van der Waals surface area contributed by atoms with Gasteiger partial charge in [0.25, 0.3) is 0 Å². The first kappa shape index (κ1) is 18.6. The molecular formula is C16H30O2Si3. The van der Waals surface area contributed by atoms with Crippen LogP contribution in [0.3, 0.4) is 0 Å². The summed E-state index contributed by atoms with van der Waals surface area (Å²) in [5.41, 5.74) is 4.69. The van der Waals surface area contributed by atoms with Gasteiger partial charge in [-0.1, -0.05) is 35.9 Å². The first-order valence-corrected chi connectivity index (χ1v) is 16.8. The molecule has 0 saturated heterocycles. The third-order valence-electron chi connectivity index (χ3n) is 2.67. The van der Waals surface area contributed by atoms with E-state index < -0.39 is 25.2 Å². The lowest BCUT2D eigenvalue weighted by Gasteiger charge is -2.36. The average molecular weight is 339 g/mol. The van der Waals surface area contributed by atoms with Gasteiger partial charge in [0.1, 0.15) is 0 Å². The van der Waals surface area contributed by atoms with Gasteiger partial charge < -0.3 is 8.23 Å². The second-order valence-electron chi connectivity index (χ2n) is 7.69. The van der Waals surface area contributed by atoms with Gasteiger partial charge in [0.2, 0.25) is 0 Å². The Bertz CT molecular complexity index is 466. The van der Waals surface area contributed by atoms with Crippen molar-refractivity contribution < 1.29 is 8.23 Å². The van der Waals surface area contributed by atoms with Crippen molar-refractivity contribution in [2.75, 3.05) is 0 Å². The molecule has 0 saturated carbocycles. The summed E-state index contributed by atoms with van der Waals surface area (Å²) in [4.78, 5) is 0. The SMILES string of the molecule is Cc1ccc(/C=C/[Si](C)(O[Si](C)(C)C)O[Si](C)(C)C)cc1.